The summed E-state index contributed by atoms with van der Waals surface area (Å²) in [6.07, 6.45) is 5.16. The molecule has 1 aromatic carbocycles. The van der Waals surface area contributed by atoms with Crippen LogP contribution >= 0.6 is 12.2 Å². The second kappa shape index (κ2) is 4.83. The number of hydrogen-bond donors (Lipinski definition) is 2. The molecule has 0 atom stereocenters. The Morgan fingerprint density at radius 1 is 1.38 bits per heavy atom. The van der Waals surface area contributed by atoms with Crippen LogP contribution in [-0.4, -0.2) is 11.0 Å². The van der Waals surface area contributed by atoms with E-state index in [1.807, 2.05) is 0 Å². The van der Waals surface area contributed by atoms with Gasteiger partial charge >= 0.3 is 0 Å². The average Bonchev–Trinajstić information content (AvgIpc) is 2.73. The van der Waals surface area contributed by atoms with Crippen LogP contribution in [0.15, 0.2) is 18.2 Å². The van der Waals surface area contributed by atoms with E-state index in [2.05, 4.69) is 30.4 Å². The van der Waals surface area contributed by atoms with Crippen LogP contribution in [0.4, 0.5) is 5.69 Å². The molecule has 1 fully saturated rings. The van der Waals surface area contributed by atoms with E-state index in [1.54, 1.807) is 0 Å². The first-order valence-electron chi connectivity index (χ1n) is 5.84. The molecule has 2 nitrogen and oxygen atoms in total. The fraction of sp³-hybridized carbons (Fsp3) is 0.462. The number of benzene rings is 1. The lowest BCUT2D eigenvalue weighted by molar-refractivity contribution is 0.755. The zero-order valence-electron chi connectivity index (χ0n) is 9.62. The van der Waals surface area contributed by atoms with Gasteiger partial charge in [0.05, 0.1) is 0 Å². The van der Waals surface area contributed by atoms with E-state index in [0.29, 0.717) is 11.0 Å². The van der Waals surface area contributed by atoms with Crippen molar-refractivity contribution in [2.24, 2.45) is 5.73 Å². The maximum atomic E-state index is 5.75. The van der Waals surface area contributed by atoms with Crippen molar-refractivity contribution >= 4 is 22.9 Å². The topological polar surface area (TPSA) is 38.0 Å². The molecule has 86 valence electrons. The van der Waals surface area contributed by atoms with E-state index in [4.69, 9.17) is 18.0 Å². The number of thiocarbonyl (C=S) groups is 1. The maximum Gasteiger partial charge on any atom is 0.106 e. The first kappa shape index (κ1) is 11.4. The molecule has 3 heteroatoms. The summed E-state index contributed by atoms with van der Waals surface area (Å²) in [7, 11) is 0. The van der Waals surface area contributed by atoms with Crippen LogP contribution in [0.3, 0.4) is 0 Å². The third-order valence-electron chi connectivity index (χ3n) is 3.16. The molecular weight excluding hydrogens is 216 g/mol. The van der Waals surface area contributed by atoms with Gasteiger partial charge in [0.1, 0.15) is 4.99 Å². The minimum absolute atomic E-state index is 0.476. The van der Waals surface area contributed by atoms with Crippen LogP contribution in [0.5, 0.6) is 0 Å². The Balaban J connectivity index is 2.21. The van der Waals surface area contributed by atoms with E-state index in [0.717, 1.165) is 11.3 Å². The summed E-state index contributed by atoms with van der Waals surface area (Å²) in [5, 5.41) is 3.55. The van der Waals surface area contributed by atoms with Crippen molar-refractivity contribution in [3.8, 4) is 0 Å². The van der Waals surface area contributed by atoms with Crippen molar-refractivity contribution in [1.29, 1.82) is 0 Å². The summed E-state index contributed by atoms with van der Waals surface area (Å²) >= 11 is 5.09. The predicted octanol–water partition coefficient (Wildman–Crippen LogP) is 2.98. The molecule has 0 aliphatic heterocycles. The molecule has 0 saturated heterocycles. The summed E-state index contributed by atoms with van der Waals surface area (Å²) in [5.41, 5.74) is 9.01. The normalized spacial score (nSPS) is 16.3. The van der Waals surface area contributed by atoms with Gasteiger partial charge in [0.2, 0.25) is 0 Å². The van der Waals surface area contributed by atoms with Gasteiger partial charge in [-0.2, -0.15) is 0 Å². The van der Waals surface area contributed by atoms with E-state index in [-0.39, 0.29) is 0 Å². The fourth-order valence-corrected chi connectivity index (χ4v) is 2.45. The predicted molar refractivity (Wildman–Crippen MR) is 72.9 cm³/mol. The molecule has 0 aromatic heterocycles. The average molecular weight is 234 g/mol. The van der Waals surface area contributed by atoms with Crippen LogP contribution in [0.25, 0.3) is 0 Å². The van der Waals surface area contributed by atoms with E-state index in [1.165, 1.54) is 31.2 Å². The van der Waals surface area contributed by atoms with Crippen LogP contribution in [0.1, 0.15) is 36.8 Å². The molecule has 16 heavy (non-hydrogen) atoms. The molecule has 1 saturated carbocycles. The van der Waals surface area contributed by atoms with E-state index >= 15 is 0 Å². The number of hydrogen-bond acceptors (Lipinski definition) is 2. The maximum absolute atomic E-state index is 5.75. The molecule has 3 N–H and O–H groups in total. The first-order valence-corrected chi connectivity index (χ1v) is 6.24. The monoisotopic (exact) mass is 234 g/mol. The zero-order chi connectivity index (χ0) is 11.5. The quantitative estimate of drug-likeness (QED) is 0.790. The molecule has 0 bridgehead atoms. The van der Waals surface area contributed by atoms with E-state index < -0.39 is 0 Å². The van der Waals surface area contributed by atoms with Gasteiger partial charge in [-0.3, -0.25) is 0 Å². The van der Waals surface area contributed by atoms with Gasteiger partial charge < -0.3 is 11.1 Å². The molecule has 0 unspecified atom stereocenters. The minimum Gasteiger partial charge on any atom is -0.389 e. The Labute approximate surface area is 102 Å². The minimum atomic E-state index is 0.476. The first-order chi connectivity index (χ1) is 7.66. The fourth-order valence-electron chi connectivity index (χ4n) is 2.28. The molecule has 1 aliphatic carbocycles. The van der Waals surface area contributed by atoms with Gasteiger partial charge in [-0.15, -0.1) is 0 Å². The second-order valence-electron chi connectivity index (χ2n) is 4.54. The summed E-state index contributed by atoms with van der Waals surface area (Å²) < 4.78 is 0. The SMILES string of the molecule is Cc1ccc(NC2CCCC2)c(C(N)=S)c1. The number of anilines is 1. The van der Waals surface area contributed by atoms with Crippen molar-refractivity contribution in [2.75, 3.05) is 5.32 Å². The largest absolute Gasteiger partial charge is 0.389 e. The van der Waals surface area contributed by atoms with Crippen molar-refractivity contribution in [1.82, 2.24) is 0 Å². The lowest BCUT2D eigenvalue weighted by Crippen LogP contribution is -2.19. The molecule has 0 heterocycles. The molecule has 0 radical (unpaired) electrons. The number of rotatable bonds is 3. The van der Waals surface area contributed by atoms with Crippen LogP contribution in [-0.2, 0) is 0 Å². The lowest BCUT2D eigenvalue weighted by atomic mass is 10.1. The van der Waals surface area contributed by atoms with Gasteiger partial charge in [0.15, 0.2) is 0 Å². The smallest absolute Gasteiger partial charge is 0.106 e. The van der Waals surface area contributed by atoms with E-state index in [9.17, 15) is 0 Å². The highest BCUT2D eigenvalue weighted by Gasteiger charge is 2.16. The Hall–Kier alpha value is -1.09. The van der Waals surface area contributed by atoms with Crippen molar-refractivity contribution in [2.45, 2.75) is 38.6 Å². The third-order valence-corrected chi connectivity index (χ3v) is 3.38. The zero-order valence-corrected chi connectivity index (χ0v) is 10.4. The van der Waals surface area contributed by atoms with Gasteiger partial charge in [-0.25, -0.2) is 0 Å². The molecule has 1 aromatic rings. The van der Waals surface area contributed by atoms with Crippen LogP contribution in [0, 0.1) is 6.92 Å². The number of nitrogens with two attached hydrogens (primary N) is 1. The Bertz CT molecular complexity index is 395. The Morgan fingerprint density at radius 2 is 2.06 bits per heavy atom. The highest BCUT2D eigenvalue weighted by atomic mass is 32.1. The van der Waals surface area contributed by atoms with Crippen molar-refractivity contribution < 1.29 is 0 Å². The number of aryl methyl sites for hydroxylation is 1. The van der Waals surface area contributed by atoms with Crippen molar-refractivity contribution in [3.05, 3.63) is 29.3 Å². The second-order valence-corrected chi connectivity index (χ2v) is 4.98. The Morgan fingerprint density at radius 3 is 2.69 bits per heavy atom. The Kier molecular flexibility index (Phi) is 3.44. The van der Waals surface area contributed by atoms with Crippen LogP contribution in [0.2, 0.25) is 0 Å². The number of nitrogens with one attached hydrogen (secondary N) is 1. The molecule has 0 amide bonds. The van der Waals surface area contributed by atoms with Gasteiger partial charge in [0, 0.05) is 17.3 Å². The van der Waals surface area contributed by atoms with Gasteiger partial charge in [0.25, 0.3) is 0 Å². The van der Waals surface area contributed by atoms with Gasteiger partial charge in [-0.05, 0) is 31.9 Å². The summed E-state index contributed by atoms with van der Waals surface area (Å²) in [6, 6.07) is 6.83. The van der Waals surface area contributed by atoms with Crippen molar-refractivity contribution in [3.63, 3.8) is 0 Å². The lowest BCUT2D eigenvalue weighted by Gasteiger charge is -2.17. The summed E-state index contributed by atoms with van der Waals surface area (Å²) in [6.45, 7) is 2.06. The molecule has 0 spiro atoms. The van der Waals surface area contributed by atoms with Crippen LogP contribution < -0.4 is 11.1 Å². The third kappa shape index (κ3) is 2.53. The molecule has 2 rings (SSSR count). The molecule has 1 aliphatic rings. The summed E-state index contributed by atoms with van der Waals surface area (Å²) in [4.78, 5) is 0.476. The molecular formula is C13H18N2S. The summed E-state index contributed by atoms with van der Waals surface area (Å²) in [5.74, 6) is 0. The highest BCUT2D eigenvalue weighted by Crippen LogP contribution is 2.25. The standard InChI is InChI=1S/C13H18N2S/c1-9-6-7-12(11(8-9)13(14)16)15-10-4-2-3-5-10/h6-8,10,15H,2-5H2,1H3,(H2,14,16). The highest BCUT2D eigenvalue weighted by molar-refractivity contribution is 7.80. The van der Waals surface area contributed by atoms with Gasteiger partial charge in [-0.1, -0.05) is 36.7 Å².